The fraction of sp³-hybridized carbons (Fsp3) is 0.381. The molecule has 152 valence electrons. The zero-order chi connectivity index (χ0) is 20.4. The lowest BCUT2D eigenvalue weighted by atomic mass is 10.1. The molecule has 0 bridgehead atoms. The second kappa shape index (κ2) is 8.39. The highest BCUT2D eigenvalue weighted by atomic mass is 35.5. The largest absolute Gasteiger partial charge is 0.363 e. The van der Waals surface area contributed by atoms with Crippen LogP contribution in [0.5, 0.6) is 0 Å². The summed E-state index contributed by atoms with van der Waals surface area (Å²) in [5, 5.41) is 15.2. The molecule has 0 atom stereocenters. The first-order valence-corrected chi connectivity index (χ1v) is 10.2. The SMILES string of the molecule is O=C(NC1CC1)c1ccc(N2CCN(Cc3cccc(Cl)c3)CC2)c([N+](=O)[O-])c1. The van der Waals surface area contributed by atoms with Gasteiger partial charge in [-0.05, 0) is 42.7 Å². The Bertz CT molecular complexity index is 924. The van der Waals surface area contributed by atoms with Gasteiger partial charge < -0.3 is 10.2 Å². The lowest BCUT2D eigenvalue weighted by molar-refractivity contribution is -0.384. The van der Waals surface area contributed by atoms with Crippen LogP contribution in [-0.4, -0.2) is 48.0 Å². The third kappa shape index (κ3) is 4.86. The molecule has 2 aromatic carbocycles. The van der Waals surface area contributed by atoms with E-state index in [1.807, 2.05) is 23.1 Å². The van der Waals surface area contributed by atoms with Crippen LogP contribution in [0.4, 0.5) is 11.4 Å². The van der Waals surface area contributed by atoms with Crippen molar-refractivity contribution in [2.75, 3.05) is 31.1 Å². The molecule has 0 unspecified atom stereocenters. The third-order valence-corrected chi connectivity index (χ3v) is 5.59. The molecular weight excluding hydrogens is 392 g/mol. The van der Waals surface area contributed by atoms with E-state index in [2.05, 4.69) is 16.3 Å². The van der Waals surface area contributed by atoms with E-state index in [9.17, 15) is 14.9 Å². The van der Waals surface area contributed by atoms with Crippen molar-refractivity contribution in [3.8, 4) is 0 Å². The van der Waals surface area contributed by atoms with E-state index in [-0.39, 0.29) is 17.6 Å². The van der Waals surface area contributed by atoms with Crippen LogP contribution in [0.15, 0.2) is 42.5 Å². The van der Waals surface area contributed by atoms with Crippen molar-refractivity contribution in [2.24, 2.45) is 0 Å². The van der Waals surface area contributed by atoms with E-state index in [4.69, 9.17) is 11.6 Å². The van der Waals surface area contributed by atoms with Crippen molar-refractivity contribution >= 4 is 28.9 Å². The van der Waals surface area contributed by atoms with Crippen molar-refractivity contribution in [1.82, 2.24) is 10.2 Å². The Balaban J connectivity index is 1.43. The molecule has 0 aromatic heterocycles. The normalized spacial score (nSPS) is 17.2. The number of nitrogens with zero attached hydrogens (tertiary/aromatic N) is 3. The fourth-order valence-electron chi connectivity index (χ4n) is 3.62. The van der Waals surface area contributed by atoms with Crippen molar-refractivity contribution in [3.63, 3.8) is 0 Å². The molecule has 2 fully saturated rings. The van der Waals surface area contributed by atoms with Crippen molar-refractivity contribution in [3.05, 3.63) is 68.7 Å². The Morgan fingerprint density at radius 2 is 1.90 bits per heavy atom. The average Bonchev–Trinajstić information content (AvgIpc) is 3.52. The summed E-state index contributed by atoms with van der Waals surface area (Å²) >= 11 is 6.06. The molecule has 0 radical (unpaired) electrons. The van der Waals surface area contributed by atoms with Crippen molar-refractivity contribution < 1.29 is 9.72 Å². The van der Waals surface area contributed by atoms with Crippen LogP contribution in [0.25, 0.3) is 0 Å². The summed E-state index contributed by atoms with van der Waals surface area (Å²) in [7, 11) is 0. The van der Waals surface area contributed by atoms with Crippen molar-refractivity contribution in [1.29, 1.82) is 0 Å². The molecule has 1 saturated heterocycles. The molecule has 1 aliphatic carbocycles. The van der Waals surface area contributed by atoms with Crippen LogP contribution < -0.4 is 10.2 Å². The van der Waals surface area contributed by atoms with Crippen LogP contribution in [0.1, 0.15) is 28.8 Å². The summed E-state index contributed by atoms with van der Waals surface area (Å²) in [4.78, 5) is 27.8. The van der Waals surface area contributed by atoms with Gasteiger partial charge in [-0.2, -0.15) is 0 Å². The number of benzene rings is 2. The van der Waals surface area contributed by atoms with E-state index in [1.54, 1.807) is 12.1 Å². The number of nitrogens with one attached hydrogen (secondary N) is 1. The van der Waals surface area contributed by atoms with Crippen molar-refractivity contribution in [2.45, 2.75) is 25.4 Å². The van der Waals surface area contributed by atoms with Gasteiger partial charge in [-0.25, -0.2) is 0 Å². The van der Waals surface area contributed by atoms with Crippen LogP contribution >= 0.6 is 11.6 Å². The molecule has 1 aliphatic heterocycles. The van der Waals surface area contributed by atoms with Gasteiger partial charge in [-0.15, -0.1) is 0 Å². The molecule has 2 aromatic rings. The molecule has 8 heteroatoms. The topological polar surface area (TPSA) is 78.7 Å². The Morgan fingerprint density at radius 3 is 2.55 bits per heavy atom. The number of nitro benzene ring substituents is 1. The van der Waals surface area contributed by atoms with Gasteiger partial charge in [0.15, 0.2) is 0 Å². The van der Waals surface area contributed by atoms with E-state index >= 15 is 0 Å². The summed E-state index contributed by atoms with van der Waals surface area (Å²) in [6, 6.07) is 12.8. The minimum absolute atomic E-state index is 0.0169. The molecule has 0 spiro atoms. The molecule has 1 heterocycles. The Morgan fingerprint density at radius 1 is 1.14 bits per heavy atom. The van der Waals surface area contributed by atoms with Crippen LogP contribution in [-0.2, 0) is 6.54 Å². The molecule has 7 nitrogen and oxygen atoms in total. The molecule has 2 aliphatic rings. The molecular formula is C21H23ClN4O3. The van der Waals surface area contributed by atoms with Gasteiger partial charge in [0.1, 0.15) is 5.69 Å². The quantitative estimate of drug-likeness (QED) is 0.578. The number of piperazine rings is 1. The van der Waals surface area contributed by atoms with E-state index in [1.165, 1.54) is 6.07 Å². The summed E-state index contributed by atoms with van der Waals surface area (Å²) in [6.45, 7) is 3.78. The first kappa shape index (κ1) is 19.7. The smallest absolute Gasteiger partial charge is 0.293 e. The molecule has 1 saturated carbocycles. The number of anilines is 1. The Kier molecular flexibility index (Phi) is 5.69. The number of carbonyl (C=O) groups excluding carboxylic acids is 1. The molecule has 1 amide bonds. The van der Waals surface area contributed by atoms with Crippen LogP contribution in [0, 0.1) is 10.1 Å². The van der Waals surface area contributed by atoms with E-state index in [0.717, 1.165) is 43.1 Å². The second-order valence-corrected chi connectivity index (χ2v) is 8.04. The Hall–Kier alpha value is -2.64. The lowest BCUT2D eigenvalue weighted by Gasteiger charge is -2.35. The van der Waals surface area contributed by atoms with Gasteiger partial charge in [0.2, 0.25) is 0 Å². The van der Waals surface area contributed by atoms with Crippen LogP contribution in [0.3, 0.4) is 0 Å². The highest BCUT2D eigenvalue weighted by molar-refractivity contribution is 6.30. The van der Waals surface area contributed by atoms with Gasteiger partial charge in [0, 0.05) is 55.4 Å². The zero-order valence-electron chi connectivity index (χ0n) is 16.0. The second-order valence-electron chi connectivity index (χ2n) is 7.60. The maximum absolute atomic E-state index is 12.2. The predicted molar refractivity (Wildman–Crippen MR) is 113 cm³/mol. The summed E-state index contributed by atoms with van der Waals surface area (Å²) in [6.07, 6.45) is 1.96. The summed E-state index contributed by atoms with van der Waals surface area (Å²) in [5.41, 5.74) is 2.05. The maximum Gasteiger partial charge on any atom is 0.293 e. The highest BCUT2D eigenvalue weighted by Crippen LogP contribution is 2.31. The molecule has 1 N–H and O–H groups in total. The third-order valence-electron chi connectivity index (χ3n) is 5.36. The number of rotatable bonds is 6. The lowest BCUT2D eigenvalue weighted by Crippen LogP contribution is -2.46. The number of nitro groups is 1. The highest BCUT2D eigenvalue weighted by Gasteiger charge is 2.27. The number of hydrogen-bond donors (Lipinski definition) is 1. The van der Waals surface area contributed by atoms with Gasteiger partial charge in [0.05, 0.1) is 4.92 Å². The van der Waals surface area contributed by atoms with Gasteiger partial charge in [0.25, 0.3) is 11.6 Å². The minimum atomic E-state index is -0.401. The van der Waals surface area contributed by atoms with E-state index < -0.39 is 4.92 Å². The zero-order valence-corrected chi connectivity index (χ0v) is 16.8. The van der Waals surface area contributed by atoms with E-state index in [0.29, 0.717) is 24.3 Å². The fourth-order valence-corrected chi connectivity index (χ4v) is 3.83. The minimum Gasteiger partial charge on any atom is -0.363 e. The number of amides is 1. The summed E-state index contributed by atoms with van der Waals surface area (Å²) in [5.74, 6) is -0.242. The average molecular weight is 415 g/mol. The predicted octanol–water partition coefficient (Wildman–Crippen LogP) is 3.46. The number of hydrogen-bond acceptors (Lipinski definition) is 5. The standard InChI is InChI=1S/C21H23ClN4O3/c22-17-3-1-2-15(12-17)14-24-8-10-25(11-9-24)19-7-4-16(13-20(19)26(28)29)21(27)23-18-5-6-18/h1-4,7,12-13,18H,5-6,8-11,14H2,(H,23,27). The maximum atomic E-state index is 12.2. The Labute approximate surface area is 174 Å². The monoisotopic (exact) mass is 414 g/mol. The van der Waals surface area contributed by atoms with Gasteiger partial charge in [-0.1, -0.05) is 23.7 Å². The summed E-state index contributed by atoms with van der Waals surface area (Å²) < 4.78 is 0. The van der Waals surface area contributed by atoms with Gasteiger partial charge in [-0.3, -0.25) is 19.8 Å². The first-order chi connectivity index (χ1) is 14.0. The molecule has 29 heavy (non-hydrogen) atoms. The number of halogens is 1. The number of carbonyl (C=O) groups is 1. The first-order valence-electron chi connectivity index (χ1n) is 9.80. The van der Waals surface area contributed by atoms with Gasteiger partial charge >= 0.3 is 0 Å². The molecule has 4 rings (SSSR count). The van der Waals surface area contributed by atoms with Crippen LogP contribution in [0.2, 0.25) is 5.02 Å².